The van der Waals surface area contributed by atoms with E-state index in [1.54, 1.807) is 16.8 Å². The zero-order valence-corrected chi connectivity index (χ0v) is 9.15. The predicted molar refractivity (Wildman–Crippen MR) is 60.3 cm³/mol. The third-order valence-electron chi connectivity index (χ3n) is 3.11. The Labute approximate surface area is 98.1 Å². The van der Waals surface area contributed by atoms with Crippen LogP contribution in [0.4, 0.5) is 4.39 Å². The van der Waals surface area contributed by atoms with Crippen molar-refractivity contribution in [3.8, 4) is 11.8 Å². The maximum absolute atomic E-state index is 12.9. The number of aromatic nitrogens is 2. The normalized spacial score (nSPS) is 13.4. The first kappa shape index (κ1) is 10.0. The monoisotopic (exact) mass is 227 g/mol. The van der Waals surface area contributed by atoms with E-state index in [9.17, 15) is 4.39 Å². The summed E-state index contributed by atoms with van der Waals surface area (Å²) in [5, 5.41) is 13.3. The molecule has 0 spiro atoms. The van der Waals surface area contributed by atoms with Gasteiger partial charge in [0.2, 0.25) is 0 Å². The van der Waals surface area contributed by atoms with Gasteiger partial charge in [-0.15, -0.1) is 0 Å². The first-order valence-corrected chi connectivity index (χ1v) is 5.56. The van der Waals surface area contributed by atoms with Gasteiger partial charge in [0.25, 0.3) is 0 Å². The number of hydrogen-bond donors (Lipinski definition) is 0. The average molecular weight is 227 g/mol. The van der Waals surface area contributed by atoms with Crippen LogP contribution < -0.4 is 0 Å². The van der Waals surface area contributed by atoms with Crippen LogP contribution in [-0.2, 0) is 12.8 Å². The molecule has 0 saturated carbocycles. The quantitative estimate of drug-likeness (QED) is 0.750. The summed E-state index contributed by atoms with van der Waals surface area (Å²) in [7, 11) is 0. The Bertz CT molecular complexity index is 605. The molecule has 1 aromatic heterocycles. The molecule has 4 heteroatoms. The summed E-state index contributed by atoms with van der Waals surface area (Å²) in [4.78, 5) is 0. The molecule has 0 fully saturated rings. The summed E-state index contributed by atoms with van der Waals surface area (Å²) in [5.74, 6) is -0.266. The first-order valence-electron chi connectivity index (χ1n) is 5.56. The molecule has 3 nitrogen and oxygen atoms in total. The highest BCUT2D eigenvalue weighted by atomic mass is 19.1. The molecule has 0 bridgehead atoms. The van der Waals surface area contributed by atoms with Gasteiger partial charge in [-0.25, -0.2) is 9.07 Å². The fourth-order valence-corrected chi connectivity index (χ4v) is 2.32. The number of nitrogens with zero attached hydrogens (tertiary/aromatic N) is 3. The second-order valence-electron chi connectivity index (χ2n) is 4.13. The Balaban J connectivity index is 2.16. The lowest BCUT2D eigenvalue weighted by Gasteiger charge is -2.04. The largest absolute Gasteiger partial charge is 0.236 e. The second kappa shape index (κ2) is 3.70. The summed E-state index contributed by atoms with van der Waals surface area (Å²) >= 11 is 0. The maximum Gasteiger partial charge on any atom is 0.166 e. The first-order chi connectivity index (χ1) is 8.29. The Hall–Kier alpha value is -2.15. The van der Waals surface area contributed by atoms with E-state index in [2.05, 4.69) is 11.2 Å². The molecular formula is C13H10FN3. The molecule has 17 heavy (non-hydrogen) atoms. The summed E-state index contributed by atoms with van der Waals surface area (Å²) in [6.07, 6.45) is 2.91. The van der Waals surface area contributed by atoms with E-state index in [0.717, 1.165) is 36.2 Å². The molecule has 0 atom stereocenters. The smallest absolute Gasteiger partial charge is 0.166 e. The van der Waals surface area contributed by atoms with Crippen molar-refractivity contribution in [1.29, 1.82) is 5.26 Å². The minimum Gasteiger partial charge on any atom is -0.236 e. The van der Waals surface area contributed by atoms with Gasteiger partial charge in [0.05, 0.1) is 5.69 Å². The van der Waals surface area contributed by atoms with Crippen molar-refractivity contribution in [1.82, 2.24) is 9.78 Å². The molecule has 1 heterocycles. The van der Waals surface area contributed by atoms with Crippen LogP contribution >= 0.6 is 0 Å². The number of fused-ring (bicyclic) bond motifs is 1. The number of benzene rings is 1. The Morgan fingerprint density at radius 1 is 1.24 bits per heavy atom. The summed E-state index contributed by atoms with van der Waals surface area (Å²) < 4.78 is 14.6. The topological polar surface area (TPSA) is 41.6 Å². The van der Waals surface area contributed by atoms with Gasteiger partial charge in [-0.3, -0.25) is 0 Å². The van der Waals surface area contributed by atoms with Gasteiger partial charge in [-0.05, 0) is 43.5 Å². The number of rotatable bonds is 1. The van der Waals surface area contributed by atoms with Gasteiger partial charge in [0.1, 0.15) is 11.9 Å². The van der Waals surface area contributed by atoms with E-state index in [1.165, 1.54) is 12.1 Å². The SMILES string of the molecule is N#Cc1nn(-c2ccc(F)cc2)c2c1CCC2. The molecular weight excluding hydrogens is 217 g/mol. The lowest BCUT2D eigenvalue weighted by atomic mass is 10.2. The van der Waals surface area contributed by atoms with Crippen LogP contribution in [0.3, 0.4) is 0 Å². The van der Waals surface area contributed by atoms with Gasteiger partial charge < -0.3 is 0 Å². The zero-order valence-electron chi connectivity index (χ0n) is 9.15. The Morgan fingerprint density at radius 2 is 2.00 bits per heavy atom. The van der Waals surface area contributed by atoms with Crippen LogP contribution in [0.1, 0.15) is 23.4 Å². The molecule has 2 aromatic rings. The molecule has 0 N–H and O–H groups in total. The molecule has 1 aromatic carbocycles. The molecule has 0 amide bonds. The van der Waals surface area contributed by atoms with E-state index in [1.807, 2.05) is 0 Å². The lowest BCUT2D eigenvalue weighted by molar-refractivity contribution is 0.626. The highest BCUT2D eigenvalue weighted by Crippen LogP contribution is 2.27. The van der Waals surface area contributed by atoms with Crippen LogP contribution in [0, 0.1) is 17.1 Å². The van der Waals surface area contributed by atoms with Gasteiger partial charge in [0, 0.05) is 11.3 Å². The molecule has 3 rings (SSSR count). The van der Waals surface area contributed by atoms with E-state index in [-0.39, 0.29) is 5.82 Å². The highest BCUT2D eigenvalue weighted by Gasteiger charge is 2.22. The van der Waals surface area contributed by atoms with Crippen molar-refractivity contribution >= 4 is 0 Å². The predicted octanol–water partition coefficient (Wildman–Crippen LogP) is 2.37. The van der Waals surface area contributed by atoms with Gasteiger partial charge in [-0.1, -0.05) is 0 Å². The van der Waals surface area contributed by atoms with Gasteiger partial charge in [0.15, 0.2) is 5.69 Å². The van der Waals surface area contributed by atoms with Gasteiger partial charge in [-0.2, -0.15) is 10.4 Å². The fourth-order valence-electron chi connectivity index (χ4n) is 2.32. The Morgan fingerprint density at radius 3 is 2.71 bits per heavy atom. The summed E-state index contributed by atoms with van der Waals surface area (Å²) in [5.41, 5.74) is 3.46. The minimum absolute atomic E-state index is 0.266. The lowest BCUT2D eigenvalue weighted by Crippen LogP contribution is -2.01. The summed E-state index contributed by atoms with van der Waals surface area (Å²) in [6.45, 7) is 0. The Kier molecular flexibility index (Phi) is 2.19. The summed E-state index contributed by atoms with van der Waals surface area (Å²) in [6, 6.07) is 8.30. The van der Waals surface area contributed by atoms with Crippen LogP contribution in [0.2, 0.25) is 0 Å². The maximum atomic E-state index is 12.9. The van der Waals surface area contributed by atoms with Crippen molar-refractivity contribution in [2.75, 3.05) is 0 Å². The third kappa shape index (κ3) is 1.51. The van der Waals surface area contributed by atoms with Crippen molar-refractivity contribution < 1.29 is 4.39 Å². The molecule has 0 saturated heterocycles. The molecule has 0 radical (unpaired) electrons. The van der Waals surface area contributed by atoms with Crippen LogP contribution in [0.5, 0.6) is 0 Å². The highest BCUT2D eigenvalue weighted by molar-refractivity contribution is 5.43. The third-order valence-corrected chi connectivity index (χ3v) is 3.11. The number of nitriles is 1. The van der Waals surface area contributed by atoms with Gasteiger partial charge >= 0.3 is 0 Å². The average Bonchev–Trinajstić information content (AvgIpc) is 2.91. The van der Waals surface area contributed by atoms with Crippen molar-refractivity contribution in [3.05, 3.63) is 47.0 Å². The van der Waals surface area contributed by atoms with E-state index < -0.39 is 0 Å². The van der Waals surface area contributed by atoms with Crippen molar-refractivity contribution in [2.24, 2.45) is 0 Å². The molecule has 84 valence electrons. The standard InChI is InChI=1S/C13H10FN3/c14-9-4-6-10(7-5-9)17-13-3-1-2-11(13)12(8-15)16-17/h4-7H,1-3H2. The van der Waals surface area contributed by atoms with E-state index >= 15 is 0 Å². The molecule has 0 unspecified atom stereocenters. The molecule has 0 aliphatic heterocycles. The molecule has 1 aliphatic rings. The van der Waals surface area contributed by atoms with E-state index in [4.69, 9.17) is 5.26 Å². The van der Waals surface area contributed by atoms with Crippen LogP contribution in [0.15, 0.2) is 24.3 Å². The zero-order chi connectivity index (χ0) is 11.8. The van der Waals surface area contributed by atoms with Crippen LogP contribution in [-0.4, -0.2) is 9.78 Å². The van der Waals surface area contributed by atoms with Crippen LogP contribution in [0.25, 0.3) is 5.69 Å². The van der Waals surface area contributed by atoms with Crippen molar-refractivity contribution in [3.63, 3.8) is 0 Å². The minimum atomic E-state index is -0.266. The number of halogens is 1. The second-order valence-corrected chi connectivity index (χ2v) is 4.13. The van der Waals surface area contributed by atoms with E-state index in [0.29, 0.717) is 5.69 Å². The molecule has 1 aliphatic carbocycles. The fraction of sp³-hybridized carbons (Fsp3) is 0.231. The number of hydrogen-bond acceptors (Lipinski definition) is 2. The van der Waals surface area contributed by atoms with Crippen molar-refractivity contribution in [2.45, 2.75) is 19.3 Å².